The molecule has 0 N–H and O–H groups in total. The zero-order chi connectivity index (χ0) is 14.7. The average Bonchev–Trinajstić information content (AvgIpc) is 2.95. The molecule has 104 valence electrons. The van der Waals surface area contributed by atoms with Crippen molar-refractivity contribution in [3.05, 3.63) is 76.7 Å². The molecule has 4 heteroatoms. The highest BCUT2D eigenvalue weighted by molar-refractivity contribution is 6.36. The SMILES string of the molecule is Clc1ccc(-c2cn(C=Cc3ccccc3)cn2)c(Cl)c1. The third-order valence-electron chi connectivity index (χ3n) is 3.05. The summed E-state index contributed by atoms with van der Waals surface area (Å²) in [6.07, 6.45) is 7.65. The molecule has 1 heterocycles. The second-order valence-corrected chi connectivity index (χ2v) is 5.40. The number of aromatic nitrogens is 2. The Morgan fingerprint density at radius 3 is 2.57 bits per heavy atom. The van der Waals surface area contributed by atoms with E-state index in [1.165, 1.54) is 0 Å². The average molecular weight is 315 g/mol. The van der Waals surface area contributed by atoms with Crippen LogP contribution in [0.15, 0.2) is 61.1 Å². The standard InChI is InChI=1S/C17H12Cl2N2/c18-14-6-7-15(16(19)10-14)17-11-21(12-20-17)9-8-13-4-2-1-3-5-13/h1-12H. The second-order valence-electron chi connectivity index (χ2n) is 4.56. The number of nitrogens with zero attached hydrogens (tertiary/aromatic N) is 2. The smallest absolute Gasteiger partial charge is 0.0994 e. The normalized spacial score (nSPS) is 11.1. The van der Waals surface area contributed by atoms with E-state index in [0.717, 1.165) is 16.8 Å². The number of rotatable bonds is 3. The Labute approximate surface area is 133 Å². The quantitative estimate of drug-likeness (QED) is 0.625. The third kappa shape index (κ3) is 3.35. The molecular formula is C17H12Cl2N2. The molecule has 3 rings (SSSR count). The van der Waals surface area contributed by atoms with Crippen molar-refractivity contribution in [3.63, 3.8) is 0 Å². The van der Waals surface area contributed by atoms with Gasteiger partial charge in [0.15, 0.2) is 0 Å². The Morgan fingerprint density at radius 2 is 1.81 bits per heavy atom. The molecular weight excluding hydrogens is 303 g/mol. The number of hydrogen-bond donors (Lipinski definition) is 0. The van der Waals surface area contributed by atoms with Crippen LogP contribution in [0.3, 0.4) is 0 Å². The lowest BCUT2D eigenvalue weighted by Crippen LogP contribution is -1.80. The van der Waals surface area contributed by atoms with Crippen molar-refractivity contribution >= 4 is 35.5 Å². The summed E-state index contributed by atoms with van der Waals surface area (Å²) in [4.78, 5) is 4.37. The summed E-state index contributed by atoms with van der Waals surface area (Å²) in [5, 5.41) is 1.21. The van der Waals surface area contributed by atoms with E-state index in [0.29, 0.717) is 10.0 Å². The zero-order valence-electron chi connectivity index (χ0n) is 11.1. The van der Waals surface area contributed by atoms with E-state index < -0.39 is 0 Å². The van der Waals surface area contributed by atoms with Crippen LogP contribution in [-0.4, -0.2) is 9.55 Å². The Morgan fingerprint density at radius 1 is 1.00 bits per heavy atom. The summed E-state index contributed by atoms with van der Waals surface area (Å²) in [6, 6.07) is 15.5. The molecule has 0 bridgehead atoms. The molecule has 1 aromatic heterocycles. The molecule has 2 aromatic carbocycles. The van der Waals surface area contributed by atoms with Crippen molar-refractivity contribution in [2.75, 3.05) is 0 Å². The number of imidazole rings is 1. The lowest BCUT2D eigenvalue weighted by molar-refractivity contribution is 1.14. The van der Waals surface area contributed by atoms with Crippen molar-refractivity contribution < 1.29 is 0 Å². The first-order chi connectivity index (χ1) is 10.2. The Balaban J connectivity index is 1.85. The molecule has 0 unspecified atom stereocenters. The monoisotopic (exact) mass is 314 g/mol. The molecule has 0 saturated heterocycles. The van der Waals surface area contributed by atoms with Gasteiger partial charge in [0, 0.05) is 23.0 Å². The minimum Gasteiger partial charge on any atom is -0.312 e. The molecule has 0 atom stereocenters. The van der Waals surface area contributed by atoms with Crippen LogP contribution in [0, 0.1) is 0 Å². The van der Waals surface area contributed by atoms with E-state index >= 15 is 0 Å². The van der Waals surface area contributed by atoms with E-state index in [4.69, 9.17) is 23.2 Å². The largest absolute Gasteiger partial charge is 0.312 e. The van der Waals surface area contributed by atoms with Crippen LogP contribution in [0.2, 0.25) is 10.0 Å². The van der Waals surface area contributed by atoms with Gasteiger partial charge in [0.25, 0.3) is 0 Å². The lowest BCUT2D eigenvalue weighted by Gasteiger charge is -2.00. The van der Waals surface area contributed by atoms with Gasteiger partial charge in [0.1, 0.15) is 0 Å². The fourth-order valence-corrected chi connectivity index (χ4v) is 2.50. The summed E-state index contributed by atoms with van der Waals surface area (Å²) in [5.74, 6) is 0. The first-order valence-corrected chi connectivity index (χ1v) is 7.20. The maximum absolute atomic E-state index is 6.19. The van der Waals surface area contributed by atoms with Gasteiger partial charge in [-0.2, -0.15) is 0 Å². The Kier molecular flexibility index (Phi) is 4.09. The summed E-state index contributed by atoms with van der Waals surface area (Å²) < 4.78 is 1.90. The van der Waals surface area contributed by atoms with Gasteiger partial charge in [0.2, 0.25) is 0 Å². The molecule has 0 aliphatic heterocycles. The summed E-state index contributed by atoms with van der Waals surface area (Å²) >= 11 is 12.1. The van der Waals surface area contributed by atoms with Crippen LogP contribution in [-0.2, 0) is 0 Å². The van der Waals surface area contributed by atoms with Crippen molar-refractivity contribution in [2.45, 2.75) is 0 Å². The highest BCUT2D eigenvalue weighted by Gasteiger charge is 2.06. The molecule has 2 nitrogen and oxygen atoms in total. The highest BCUT2D eigenvalue weighted by Crippen LogP contribution is 2.29. The van der Waals surface area contributed by atoms with E-state index in [1.807, 2.05) is 65.5 Å². The molecule has 21 heavy (non-hydrogen) atoms. The summed E-state index contributed by atoms with van der Waals surface area (Å²) in [6.45, 7) is 0. The van der Waals surface area contributed by atoms with Gasteiger partial charge in [-0.3, -0.25) is 0 Å². The van der Waals surface area contributed by atoms with Crippen molar-refractivity contribution in [2.24, 2.45) is 0 Å². The van der Waals surface area contributed by atoms with Gasteiger partial charge >= 0.3 is 0 Å². The van der Waals surface area contributed by atoms with Crippen molar-refractivity contribution in [1.82, 2.24) is 9.55 Å². The van der Waals surface area contributed by atoms with Gasteiger partial charge in [-0.1, -0.05) is 53.5 Å². The van der Waals surface area contributed by atoms with E-state index in [2.05, 4.69) is 4.98 Å². The van der Waals surface area contributed by atoms with Gasteiger partial charge in [0.05, 0.1) is 17.0 Å². The van der Waals surface area contributed by atoms with Crippen molar-refractivity contribution in [3.8, 4) is 11.3 Å². The van der Waals surface area contributed by atoms with Crippen LogP contribution in [0.25, 0.3) is 23.5 Å². The first-order valence-electron chi connectivity index (χ1n) is 6.44. The van der Waals surface area contributed by atoms with E-state index in [9.17, 15) is 0 Å². The molecule has 0 fully saturated rings. The minimum atomic E-state index is 0.597. The van der Waals surface area contributed by atoms with Crippen LogP contribution in [0.5, 0.6) is 0 Å². The van der Waals surface area contributed by atoms with Gasteiger partial charge in [-0.05, 0) is 29.8 Å². The maximum atomic E-state index is 6.19. The summed E-state index contributed by atoms with van der Waals surface area (Å²) in [7, 11) is 0. The molecule has 0 spiro atoms. The Bertz CT molecular complexity index is 776. The fraction of sp³-hybridized carbons (Fsp3) is 0. The minimum absolute atomic E-state index is 0.597. The molecule has 3 aromatic rings. The maximum Gasteiger partial charge on any atom is 0.0994 e. The van der Waals surface area contributed by atoms with Crippen LogP contribution >= 0.6 is 23.2 Å². The fourth-order valence-electron chi connectivity index (χ4n) is 1.99. The predicted molar refractivity (Wildman–Crippen MR) is 89.3 cm³/mol. The topological polar surface area (TPSA) is 17.8 Å². The van der Waals surface area contributed by atoms with Crippen molar-refractivity contribution in [1.29, 1.82) is 0 Å². The molecule has 0 amide bonds. The highest BCUT2D eigenvalue weighted by atomic mass is 35.5. The number of hydrogen-bond acceptors (Lipinski definition) is 1. The predicted octanol–water partition coefficient (Wildman–Crippen LogP) is 5.48. The number of halogens is 2. The molecule has 0 radical (unpaired) electrons. The van der Waals surface area contributed by atoms with Gasteiger partial charge in [-0.15, -0.1) is 0 Å². The van der Waals surface area contributed by atoms with E-state index in [-0.39, 0.29) is 0 Å². The van der Waals surface area contributed by atoms with Crippen LogP contribution < -0.4 is 0 Å². The molecule has 0 aliphatic rings. The zero-order valence-corrected chi connectivity index (χ0v) is 12.6. The second kappa shape index (κ2) is 6.17. The molecule has 0 saturated carbocycles. The van der Waals surface area contributed by atoms with Crippen LogP contribution in [0.4, 0.5) is 0 Å². The number of benzene rings is 2. The third-order valence-corrected chi connectivity index (χ3v) is 3.60. The van der Waals surface area contributed by atoms with Gasteiger partial charge < -0.3 is 4.57 Å². The van der Waals surface area contributed by atoms with E-state index in [1.54, 1.807) is 12.4 Å². The first kappa shape index (κ1) is 13.9. The Hall–Kier alpha value is -2.03. The van der Waals surface area contributed by atoms with Crippen LogP contribution in [0.1, 0.15) is 5.56 Å². The lowest BCUT2D eigenvalue weighted by atomic mass is 10.2. The van der Waals surface area contributed by atoms with Gasteiger partial charge in [-0.25, -0.2) is 4.98 Å². The molecule has 0 aliphatic carbocycles. The summed E-state index contributed by atoms with van der Waals surface area (Å²) in [5.41, 5.74) is 2.82.